The summed E-state index contributed by atoms with van der Waals surface area (Å²) in [5.74, 6) is -0.225. The van der Waals surface area contributed by atoms with Gasteiger partial charge in [-0.05, 0) is 0 Å². The molecule has 0 aromatic heterocycles. The van der Waals surface area contributed by atoms with Gasteiger partial charge in [-0.2, -0.15) is 0 Å². The van der Waals surface area contributed by atoms with E-state index in [4.69, 9.17) is 0 Å². The Kier molecular flexibility index (Phi) is 10.2. The zero-order valence-electron chi connectivity index (χ0n) is 32.4. The Labute approximate surface area is 335 Å². The second-order valence-electron chi connectivity index (χ2n) is 17.6. The van der Waals surface area contributed by atoms with Crippen LogP contribution in [0.4, 0.5) is 8.78 Å². The first-order valence-electron chi connectivity index (χ1n) is 18.4. The van der Waals surface area contributed by atoms with Crippen LogP contribution in [0, 0.1) is 23.0 Å². The van der Waals surface area contributed by atoms with Gasteiger partial charge in [-0.3, -0.25) is 0 Å². The summed E-state index contributed by atoms with van der Waals surface area (Å²) in [4.78, 5) is 0. The molecule has 53 heavy (non-hydrogen) atoms. The van der Waals surface area contributed by atoms with Gasteiger partial charge >= 0.3 is 313 Å². The molecule has 0 saturated heterocycles. The number of benzene rings is 4. The monoisotopic (exact) mass is 822 g/mol. The van der Waals surface area contributed by atoms with Crippen molar-refractivity contribution < 1.29 is 54.9 Å². The Balaban J connectivity index is 0.00000240. The van der Waals surface area contributed by atoms with E-state index >= 15 is 0 Å². The molecule has 0 saturated carbocycles. The molecule has 0 spiro atoms. The van der Waals surface area contributed by atoms with Crippen molar-refractivity contribution in [3.05, 3.63) is 162 Å². The molecule has 0 amide bonds. The molecule has 4 aliphatic carbocycles. The summed E-state index contributed by atoms with van der Waals surface area (Å²) in [6.07, 6.45) is 9.88. The van der Waals surface area contributed by atoms with Gasteiger partial charge in [-0.1, -0.05) is 0 Å². The van der Waals surface area contributed by atoms with Gasteiger partial charge in [-0.25, -0.2) is 0 Å². The van der Waals surface area contributed by atoms with Crippen LogP contribution in [0.5, 0.6) is 0 Å². The predicted octanol–water partition coefficient (Wildman–Crippen LogP) is 6.82. The van der Waals surface area contributed by atoms with E-state index in [1.54, 1.807) is 24.3 Å². The molecule has 8 rings (SSSR count). The third-order valence-electron chi connectivity index (χ3n) is 11.9. The van der Waals surface area contributed by atoms with Crippen molar-refractivity contribution in [3.8, 4) is 11.1 Å². The van der Waals surface area contributed by atoms with Crippen LogP contribution >= 0.6 is 0 Å². The first-order chi connectivity index (χ1) is 23.9. The molecular formula is C48H48Cl2F2Zr. The smallest absolute Gasteiger partial charge is 1.00 e. The van der Waals surface area contributed by atoms with Gasteiger partial charge in [0.1, 0.15) is 0 Å². The molecule has 272 valence electrons. The zero-order valence-corrected chi connectivity index (χ0v) is 36.4. The Morgan fingerprint density at radius 3 is 1.43 bits per heavy atom. The second-order valence-corrected chi connectivity index (χ2v) is 23.7. The van der Waals surface area contributed by atoms with E-state index in [0.717, 1.165) is 11.1 Å². The Morgan fingerprint density at radius 2 is 1.06 bits per heavy atom. The minimum Gasteiger partial charge on any atom is -1.00 e. The maximum absolute atomic E-state index is 14.6. The third-order valence-corrected chi connectivity index (χ3v) is 20.6. The van der Waals surface area contributed by atoms with Crippen molar-refractivity contribution in [1.29, 1.82) is 0 Å². The predicted molar refractivity (Wildman–Crippen MR) is 208 cm³/mol. The van der Waals surface area contributed by atoms with Crippen molar-refractivity contribution in [1.82, 2.24) is 0 Å². The van der Waals surface area contributed by atoms with E-state index in [-0.39, 0.29) is 62.2 Å². The minimum absolute atomic E-state index is 0. The first-order valence-corrected chi connectivity index (χ1v) is 22.3. The standard InChI is InChI=1S/C25H25.C13H8F2.C10H15.2ClH.Zr/c1-14-12-24(3,4)22-8-16-7-17-9-23-19(15(2)13-25(23,5)6)11-21(17)20(16)10-18(14)22;14-12-5-1-10(2-6-12)9-11-3-7-13(15)8-4-11;1-8-5-6-9(7-8)10(2,3)4;;;/h7-13H,1-6H3;1-8H;6-8H,1-4H3;2*1H;/q;;;;;+2/p-2. The normalized spacial score (nSPS) is 18.6. The molecule has 4 aliphatic rings. The molecular weight excluding hydrogens is 777 g/mol. The van der Waals surface area contributed by atoms with E-state index in [1.807, 2.05) is 24.3 Å². The molecule has 0 bridgehead atoms. The molecule has 0 heterocycles. The fraction of sp³-hybridized carbons (Fsp3) is 0.312. The van der Waals surface area contributed by atoms with Crippen LogP contribution in [0.15, 0.2) is 106 Å². The minimum atomic E-state index is -3.22. The van der Waals surface area contributed by atoms with Gasteiger partial charge < -0.3 is 24.8 Å². The van der Waals surface area contributed by atoms with Gasteiger partial charge in [0.25, 0.3) is 0 Å². The number of fused-ring (bicyclic) bond motifs is 5. The van der Waals surface area contributed by atoms with Crippen molar-refractivity contribution in [2.45, 2.75) is 83.7 Å². The van der Waals surface area contributed by atoms with E-state index < -0.39 is 21.3 Å². The van der Waals surface area contributed by atoms with Crippen molar-refractivity contribution in [2.24, 2.45) is 11.3 Å². The summed E-state index contributed by atoms with van der Waals surface area (Å²) in [7, 11) is 0. The van der Waals surface area contributed by atoms with Gasteiger partial charge in [0.05, 0.1) is 0 Å². The summed E-state index contributed by atoms with van der Waals surface area (Å²) in [5, 5.41) is 0. The Morgan fingerprint density at radius 1 is 0.642 bits per heavy atom. The van der Waals surface area contributed by atoms with Crippen molar-refractivity contribution >= 4 is 14.4 Å². The molecule has 0 radical (unpaired) electrons. The Bertz CT molecular complexity index is 2190. The summed E-state index contributed by atoms with van der Waals surface area (Å²) >= 11 is -3.22. The second kappa shape index (κ2) is 13.7. The first kappa shape index (κ1) is 39.7. The van der Waals surface area contributed by atoms with Crippen LogP contribution in [0.3, 0.4) is 0 Å². The summed E-state index contributed by atoms with van der Waals surface area (Å²) in [6, 6.07) is 24.3. The van der Waals surface area contributed by atoms with E-state index in [1.165, 1.54) is 67.7 Å². The zero-order chi connectivity index (χ0) is 36.4. The third kappa shape index (κ3) is 6.51. The molecule has 1 unspecified atom stereocenters. The van der Waals surface area contributed by atoms with Crippen molar-refractivity contribution in [2.75, 3.05) is 0 Å². The summed E-state index contributed by atoms with van der Waals surface area (Å²) in [5.41, 5.74) is 17.1. The fourth-order valence-corrected chi connectivity index (χ4v) is 18.9. The van der Waals surface area contributed by atoms with Gasteiger partial charge in [0, 0.05) is 0 Å². The average Bonchev–Trinajstić information content (AvgIpc) is 3.73. The molecule has 0 N–H and O–H groups in total. The molecule has 0 aliphatic heterocycles. The largest absolute Gasteiger partial charge is 1.00 e. The quantitative estimate of drug-likeness (QED) is 0.212. The van der Waals surface area contributed by atoms with Crippen LogP contribution in [0.1, 0.15) is 117 Å². The number of hydrogen-bond donors (Lipinski definition) is 0. The summed E-state index contributed by atoms with van der Waals surface area (Å²) < 4.78 is 32.3. The van der Waals surface area contributed by atoms with Crippen LogP contribution in [0.2, 0.25) is 0 Å². The van der Waals surface area contributed by atoms with E-state index in [9.17, 15) is 8.78 Å². The molecule has 1 atom stereocenters. The average molecular weight is 825 g/mol. The number of allylic oxidation sites excluding steroid dienone is 8. The molecule has 0 fully saturated rings. The van der Waals surface area contributed by atoms with Crippen LogP contribution < -0.4 is 24.8 Å². The number of hydrogen-bond acceptors (Lipinski definition) is 0. The SMILES string of the molecule is CC1=CC(C)(C)c2cc3c(cc21)-c1cc2c(cc1[CH]3[Zr+2]([C]1=CC(C(C)(C)C)=CC1C)=[C](c1ccc(F)cc1)c1ccc(F)cc1)C(C)(C)C=C2C.[Cl-].[Cl-]. The maximum atomic E-state index is 14.6. The fourth-order valence-electron chi connectivity index (χ4n) is 9.43. The van der Waals surface area contributed by atoms with Crippen LogP contribution in [-0.2, 0) is 32.1 Å². The van der Waals surface area contributed by atoms with Crippen LogP contribution in [0.25, 0.3) is 22.3 Å². The Hall–Kier alpha value is -2.97. The molecule has 4 aromatic carbocycles. The maximum Gasteiger partial charge on any atom is -1.00 e. The van der Waals surface area contributed by atoms with Crippen LogP contribution in [-0.4, -0.2) is 3.21 Å². The van der Waals surface area contributed by atoms with E-state index in [0.29, 0.717) is 0 Å². The van der Waals surface area contributed by atoms with Gasteiger partial charge in [-0.15, -0.1) is 0 Å². The number of halogens is 4. The van der Waals surface area contributed by atoms with E-state index in [2.05, 4.69) is 118 Å². The summed E-state index contributed by atoms with van der Waals surface area (Å²) in [6.45, 7) is 23.2. The van der Waals surface area contributed by atoms with Crippen molar-refractivity contribution in [3.63, 3.8) is 0 Å². The molecule has 4 aromatic rings. The van der Waals surface area contributed by atoms with Gasteiger partial charge in [0.15, 0.2) is 0 Å². The molecule has 5 heteroatoms. The number of rotatable bonds is 4. The topological polar surface area (TPSA) is 0 Å². The molecule has 0 nitrogen and oxygen atoms in total. The van der Waals surface area contributed by atoms with Gasteiger partial charge in [0.2, 0.25) is 0 Å².